The lowest BCUT2D eigenvalue weighted by Gasteiger charge is -2.17. The van der Waals surface area contributed by atoms with E-state index in [9.17, 15) is 9.90 Å². The van der Waals surface area contributed by atoms with Gasteiger partial charge in [-0.15, -0.1) is 0 Å². The predicted octanol–water partition coefficient (Wildman–Crippen LogP) is 3.45. The van der Waals surface area contributed by atoms with Crippen molar-refractivity contribution >= 4 is 39.1 Å². The maximum atomic E-state index is 11.6. The second kappa shape index (κ2) is 6.15. The molecule has 0 bridgehead atoms. The van der Waals surface area contributed by atoms with Crippen LogP contribution in [0.2, 0.25) is 5.02 Å². The molecule has 0 aliphatic carbocycles. The largest absolute Gasteiger partial charge is 0.506 e. The lowest BCUT2D eigenvalue weighted by atomic mass is 10.1. The molecule has 0 aliphatic rings. The molecule has 2 aromatic rings. The first-order valence-corrected chi connectivity index (χ1v) is 6.94. The number of hydrogen-bond acceptors (Lipinski definition) is 3. The van der Waals surface area contributed by atoms with E-state index in [1.807, 2.05) is 24.3 Å². The summed E-state index contributed by atoms with van der Waals surface area (Å²) in [6.45, 7) is 0. The second-order valence-corrected chi connectivity index (χ2v) is 5.52. The molecule has 6 heteroatoms. The number of anilines is 1. The molecule has 1 unspecified atom stereocenters. The molecule has 4 nitrogen and oxygen atoms in total. The van der Waals surface area contributed by atoms with Crippen molar-refractivity contribution in [2.24, 2.45) is 5.73 Å². The Hall–Kier alpha value is -1.72. The van der Waals surface area contributed by atoms with E-state index < -0.39 is 11.9 Å². The number of halogens is 2. The maximum Gasteiger partial charge on any atom is 0.244 e. The van der Waals surface area contributed by atoms with Gasteiger partial charge in [-0.25, -0.2) is 0 Å². The minimum absolute atomic E-state index is 0.0396. The van der Waals surface area contributed by atoms with Crippen LogP contribution in [0.25, 0.3) is 0 Å². The normalized spacial score (nSPS) is 11.9. The Morgan fingerprint density at radius 2 is 1.90 bits per heavy atom. The molecule has 2 aromatic carbocycles. The molecule has 1 atom stereocenters. The van der Waals surface area contributed by atoms with Crippen molar-refractivity contribution in [3.63, 3.8) is 0 Å². The number of nitrogens with one attached hydrogen (secondary N) is 1. The van der Waals surface area contributed by atoms with Crippen molar-refractivity contribution in [1.29, 1.82) is 0 Å². The van der Waals surface area contributed by atoms with Gasteiger partial charge in [0.1, 0.15) is 11.8 Å². The van der Waals surface area contributed by atoms with Crippen LogP contribution >= 0.6 is 27.5 Å². The first kappa shape index (κ1) is 14.7. The molecule has 0 saturated carbocycles. The van der Waals surface area contributed by atoms with E-state index in [-0.39, 0.29) is 10.8 Å². The van der Waals surface area contributed by atoms with Crippen molar-refractivity contribution in [3.8, 4) is 5.75 Å². The van der Waals surface area contributed by atoms with E-state index in [1.165, 1.54) is 12.1 Å². The molecule has 2 rings (SSSR count). The number of phenolic OH excluding ortho intramolecular Hbond substituents is 1. The summed E-state index contributed by atoms with van der Waals surface area (Å²) in [7, 11) is 0. The summed E-state index contributed by atoms with van der Waals surface area (Å²) in [5.74, 6) is -0.572. The highest BCUT2D eigenvalue weighted by Gasteiger charge is 2.18. The van der Waals surface area contributed by atoms with Crippen LogP contribution in [0, 0.1) is 0 Å². The predicted molar refractivity (Wildman–Crippen MR) is 82.8 cm³/mol. The van der Waals surface area contributed by atoms with Crippen molar-refractivity contribution in [2.45, 2.75) is 6.04 Å². The summed E-state index contributed by atoms with van der Waals surface area (Å²) in [4.78, 5) is 11.6. The maximum absolute atomic E-state index is 11.6. The van der Waals surface area contributed by atoms with Gasteiger partial charge in [-0.2, -0.15) is 0 Å². The highest BCUT2D eigenvalue weighted by Crippen LogP contribution is 2.28. The molecule has 0 saturated heterocycles. The van der Waals surface area contributed by atoms with Gasteiger partial charge in [-0.05, 0) is 42.0 Å². The molecular formula is C14H12BrClN2O2. The molecule has 104 valence electrons. The van der Waals surface area contributed by atoms with Crippen molar-refractivity contribution in [1.82, 2.24) is 0 Å². The minimum atomic E-state index is -0.728. The van der Waals surface area contributed by atoms with Crippen LogP contribution in [0.1, 0.15) is 11.6 Å². The summed E-state index contributed by atoms with van der Waals surface area (Å²) in [5, 5.41) is 12.6. The van der Waals surface area contributed by atoms with Crippen molar-refractivity contribution in [3.05, 3.63) is 57.5 Å². The van der Waals surface area contributed by atoms with Crippen LogP contribution < -0.4 is 11.1 Å². The van der Waals surface area contributed by atoms with Gasteiger partial charge in [0.05, 0.1) is 5.02 Å². The summed E-state index contributed by atoms with van der Waals surface area (Å²) >= 11 is 9.19. The van der Waals surface area contributed by atoms with Gasteiger partial charge in [-0.3, -0.25) is 4.79 Å². The highest BCUT2D eigenvalue weighted by molar-refractivity contribution is 9.10. The number of benzene rings is 2. The van der Waals surface area contributed by atoms with Crippen molar-refractivity contribution < 1.29 is 9.90 Å². The van der Waals surface area contributed by atoms with Gasteiger partial charge in [0.15, 0.2) is 0 Å². The Morgan fingerprint density at radius 1 is 1.25 bits per heavy atom. The molecular weight excluding hydrogens is 344 g/mol. The topological polar surface area (TPSA) is 75.4 Å². The van der Waals surface area contributed by atoms with Gasteiger partial charge in [-0.1, -0.05) is 33.6 Å². The lowest BCUT2D eigenvalue weighted by molar-refractivity contribution is -0.118. The third-order valence-corrected chi connectivity index (χ3v) is 3.58. The van der Waals surface area contributed by atoms with Gasteiger partial charge < -0.3 is 16.2 Å². The van der Waals surface area contributed by atoms with Gasteiger partial charge >= 0.3 is 0 Å². The first-order chi connectivity index (χ1) is 9.47. The zero-order chi connectivity index (χ0) is 14.7. The lowest BCUT2D eigenvalue weighted by Crippen LogP contribution is -2.27. The van der Waals surface area contributed by atoms with E-state index in [2.05, 4.69) is 21.2 Å². The number of rotatable bonds is 4. The number of phenols is 1. The molecule has 0 fully saturated rings. The second-order valence-electron chi connectivity index (χ2n) is 4.20. The third kappa shape index (κ3) is 3.43. The molecule has 20 heavy (non-hydrogen) atoms. The fraction of sp³-hybridized carbons (Fsp3) is 0.0714. The van der Waals surface area contributed by atoms with Crippen LogP contribution in [0.15, 0.2) is 46.9 Å². The van der Waals surface area contributed by atoms with Crippen LogP contribution in [-0.4, -0.2) is 11.0 Å². The van der Waals surface area contributed by atoms with E-state index in [4.69, 9.17) is 17.3 Å². The average molecular weight is 356 g/mol. The number of carbonyl (C=O) groups excluding carboxylic acids is 1. The standard InChI is InChI=1S/C14H12BrClN2O2/c15-9-2-4-10(5-3-9)18-13(14(17)20)8-1-6-12(19)11(16)7-8/h1-7,13,18-19H,(H2,17,20). The Balaban J connectivity index is 2.29. The molecule has 4 N–H and O–H groups in total. The van der Waals surface area contributed by atoms with E-state index in [0.29, 0.717) is 5.56 Å². The van der Waals surface area contributed by atoms with Crippen molar-refractivity contribution in [2.75, 3.05) is 5.32 Å². The zero-order valence-corrected chi connectivity index (χ0v) is 12.6. The summed E-state index contributed by atoms with van der Waals surface area (Å²) < 4.78 is 0.936. The Kier molecular flexibility index (Phi) is 4.52. The molecule has 0 aliphatic heterocycles. The number of nitrogens with two attached hydrogens (primary N) is 1. The van der Waals surface area contributed by atoms with E-state index >= 15 is 0 Å². The molecule has 0 radical (unpaired) electrons. The summed E-state index contributed by atoms with van der Waals surface area (Å²) in [6.07, 6.45) is 0. The molecule has 0 heterocycles. The molecule has 0 spiro atoms. The molecule has 1 amide bonds. The van der Waals surface area contributed by atoms with Gasteiger partial charge in [0.2, 0.25) is 5.91 Å². The monoisotopic (exact) mass is 354 g/mol. The van der Waals surface area contributed by atoms with Gasteiger partial charge in [0, 0.05) is 10.2 Å². The number of carbonyl (C=O) groups is 1. The zero-order valence-electron chi connectivity index (χ0n) is 10.3. The summed E-state index contributed by atoms with van der Waals surface area (Å²) in [6, 6.07) is 11.2. The molecule has 0 aromatic heterocycles. The Morgan fingerprint density at radius 3 is 2.45 bits per heavy atom. The SMILES string of the molecule is NC(=O)C(Nc1ccc(Br)cc1)c1ccc(O)c(Cl)c1. The first-order valence-electron chi connectivity index (χ1n) is 5.77. The van der Waals surface area contributed by atoms with Crippen LogP contribution in [0.4, 0.5) is 5.69 Å². The van der Waals surface area contributed by atoms with Crippen LogP contribution in [-0.2, 0) is 4.79 Å². The fourth-order valence-corrected chi connectivity index (χ4v) is 2.19. The Bertz CT molecular complexity index is 632. The number of amides is 1. The number of hydrogen-bond donors (Lipinski definition) is 3. The smallest absolute Gasteiger partial charge is 0.244 e. The third-order valence-electron chi connectivity index (χ3n) is 2.74. The quantitative estimate of drug-likeness (QED) is 0.786. The number of primary amides is 1. The van der Waals surface area contributed by atoms with E-state index in [1.54, 1.807) is 6.07 Å². The van der Waals surface area contributed by atoms with E-state index in [0.717, 1.165) is 10.2 Å². The van der Waals surface area contributed by atoms with Crippen LogP contribution in [0.5, 0.6) is 5.75 Å². The summed E-state index contributed by atoms with van der Waals surface area (Å²) in [5.41, 5.74) is 6.76. The fourth-order valence-electron chi connectivity index (χ4n) is 1.73. The minimum Gasteiger partial charge on any atom is -0.506 e. The average Bonchev–Trinajstić information content (AvgIpc) is 2.41. The highest BCUT2D eigenvalue weighted by atomic mass is 79.9. The van der Waals surface area contributed by atoms with Crippen LogP contribution in [0.3, 0.4) is 0 Å². The van der Waals surface area contributed by atoms with Gasteiger partial charge in [0.25, 0.3) is 0 Å². The number of aromatic hydroxyl groups is 1. The Labute approximate surface area is 129 Å².